The van der Waals surface area contributed by atoms with Crippen molar-refractivity contribution in [3.05, 3.63) is 41.8 Å². The van der Waals surface area contributed by atoms with Gasteiger partial charge in [-0.15, -0.1) is 0 Å². The zero-order valence-electron chi connectivity index (χ0n) is 13.7. The summed E-state index contributed by atoms with van der Waals surface area (Å²) in [5, 5.41) is 6.56. The molecule has 126 valence electrons. The van der Waals surface area contributed by atoms with Crippen molar-refractivity contribution in [2.45, 2.75) is 31.8 Å². The van der Waals surface area contributed by atoms with Gasteiger partial charge in [0.25, 0.3) is 5.91 Å². The molecular weight excluding hydrogens is 306 g/mol. The number of piperidine rings is 1. The second-order valence-corrected chi connectivity index (χ2v) is 6.73. The molecule has 4 rings (SSSR count). The normalized spacial score (nSPS) is 25.5. The monoisotopic (exact) mass is 327 g/mol. The van der Waals surface area contributed by atoms with Crippen molar-refractivity contribution in [3.63, 3.8) is 0 Å². The van der Waals surface area contributed by atoms with Crippen LogP contribution in [0.2, 0.25) is 0 Å². The fourth-order valence-electron chi connectivity index (χ4n) is 3.63. The number of hydrogen-bond donors (Lipinski definition) is 1. The molecule has 1 amide bonds. The molecule has 0 radical (unpaired) electrons. The Bertz CT molecular complexity index is 753. The van der Waals surface area contributed by atoms with E-state index >= 15 is 0 Å². The lowest BCUT2D eigenvalue weighted by molar-refractivity contribution is 0.0453. The van der Waals surface area contributed by atoms with Crippen LogP contribution in [0.15, 0.2) is 34.9 Å². The van der Waals surface area contributed by atoms with Crippen LogP contribution in [0.1, 0.15) is 35.5 Å². The van der Waals surface area contributed by atoms with Gasteiger partial charge in [-0.05, 0) is 38.4 Å². The van der Waals surface area contributed by atoms with Crippen molar-refractivity contribution < 1.29 is 14.1 Å². The van der Waals surface area contributed by atoms with Crippen molar-refractivity contribution in [3.8, 4) is 5.75 Å². The van der Waals surface area contributed by atoms with E-state index in [1.54, 1.807) is 13.0 Å². The van der Waals surface area contributed by atoms with Crippen molar-refractivity contribution >= 4 is 11.6 Å². The molecule has 2 fully saturated rings. The van der Waals surface area contributed by atoms with E-state index in [0.717, 1.165) is 31.7 Å². The minimum atomic E-state index is -0.310. The average molecular weight is 327 g/mol. The number of aromatic nitrogens is 1. The Morgan fingerprint density at radius 3 is 3.08 bits per heavy atom. The molecular formula is C18H21N3O3. The topological polar surface area (TPSA) is 67.6 Å². The number of anilines is 1. The largest absolute Gasteiger partial charge is 0.486 e. The van der Waals surface area contributed by atoms with Crippen molar-refractivity contribution in [1.82, 2.24) is 10.1 Å². The van der Waals surface area contributed by atoms with Crippen LogP contribution in [-0.2, 0) is 0 Å². The van der Waals surface area contributed by atoms with Gasteiger partial charge in [0, 0.05) is 37.3 Å². The third kappa shape index (κ3) is 3.01. The second-order valence-electron chi connectivity index (χ2n) is 6.73. The Kier molecular flexibility index (Phi) is 3.76. The van der Waals surface area contributed by atoms with Gasteiger partial charge in [-0.1, -0.05) is 11.2 Å². The summed E-state index contributed by atoms with van der Waals surface area (Å²) < 4.78 is 11.3. The predicted molar refractivity (Wildman–Crippen MR) is 89.3 cm³/mol. The number of amides is 1. The highest BCUT2D eigenvalue weighted by Gasteiger charge is 2.42. The fourth-order valence-corrected chi connectivity index (χ4v) is 3.63. The number of rotatable bonds is 4. The van der Waals surface area contributed by atoms with E-state index in [2.05, 4.69) is 15.4 Å². The van der Waals surface area contributed by atoms with Crippen LogP contribution in [0.5, 0.6) is 5.75 Å². The quantitative estimate of drug-likeness (QED) is 0.935. The molecule has 2 aromatic rings. The molecule has 6 heteroatoms. The molecule has 2 saturated heterocycles. The van der Waals surface area contributed by atoms with E-state index in [9.17, 15) is 4.79 Å². The first kappa shape index (κ1) is 15.2. The van der Waals surface area contributed by atoms with Gasteiger partial charge in [-0.2, -0.15) is 0 Å². The number of benzene rings is 1. The average Bonchev–Trinajstić information content (AvgIpc) is 3.11. The summed E-state index contributed by atoms with van der Waals surface area (Å²) in [5.74, 6) is 0.692. The summed E-state index contributed by atoms with van der Waals surface area (Å²) in [6.07, 6.45) is 3.35. The molecule has 1 unspecified atom stereocenters. The van der Waals surface area contributed by atoms with E-state index in [0.29, 0.717) is 11.4 Å². The second kappa shape index (κ2) is 5.94. The molecule has 1 N–H and O–H groups in total. The van der Waals surface area contributed by atoms with E-state index < -0.39 is 0 Å². The zero-order chi connectivity index (χ0) is 16.6. The van der Waals surface area contributed by atoms with Gasteiger partial charge in [-0.25, -0.2) is 0 Å². The maximum Gasteiger partial charge on any atom is 0.294 e. The van der Waals surface area contributed by atoms with Gasteiger partial charge in [0.05, 0.1) is 5.69 Å². The molecule has 1 aromatic heterocycles. The van der Waals surface area contributed by atoms with Crippen LogP contribution >= 0.6 is 0 Å². The van der Waals surface area contributed by atoms with Crippen LogP contribution in [0, 0.1) is 6.92 Å². The molecule has 0 saturated carbocycles. The molecule has 24 heavy (non-hydrogen) atoms. The Labute approximate surface area is 140 Å². The maximum atomic E-state index is 12.2. The predicted octanol–water partition coefficient (Wildman–Crippen LogP) is 2.85. The number of hydrogen-bond acceptors (Lipinski definition) is 5. The molecule has 3 heterocycles. The Morgan fingerprint density at radius 2 is 2.25 bits per heavy atom. The van der Waals surface area contributed by atoms with Crippen molar-refractivity contribution in [1.29, 1.82) is 0 Å². The number of nitrogens with one attached hydrogen (secondary N) is 1. The Balaban J connectivity index is 1.46. The van der Waals surface area contributed by atoms with Crippen LogP contribution in [0.25, 0.3) is 0 Å². The lowest BCUT2D eigenvalue weighted by Gasteiger charge is -2.34. The van der Waals surface area contributed by atoms with Gasteiger partial charge in [0.1, 0.15) is 11.4 Å². The first-order valence-corrected chi connectivity index (χ1v) is 8.38. The van der Waals surface area contributed by atoms with Crippen molar-refractivity contribution in [2.75, 3.05) is 25.0 Å². The molecule has 6 nitrogen and oxygen atoms in total. The summed E-state index contributed by atoms with van der Waals surface area (Å²) in [6, 6.07) is 9.16. The molecule has 2 atom stereocenters. The molecule has 2 aliphatic heterocycles. The maximum absolute atomic E-state index is 12.2. The highest BCUT2D eigenvalue weighted by atomic mass is 16.5. The summed E-state index contributed by atoms with van der Waals surface area (Å²) in [4.78, 5) is 14.6. The number of ether oxygens (including phenoxy) is 1. The summed E-state index contributed by atoms with van der Waals surface area (Å²) in [7, 11) is 0. The minimum absolute atomic E-state index is 0.0665. The van der Waals surface area contributed by atoms with E-state index in [1.165, 1.54) is 13.0 Å². The van der Waals surface area contributed by atoms with E-state index in [4.69, 9.17) is 9.26 Å². The van der Waals surface area contributed by atoms with E-state index in [-0.39, 0.29) is 17.3 Å². The molecule has 2 aliphatic rings. The molecule has 1 aromatic carbocycles. The van der Waals surface area contributed by atoms with Crippen molar-refractivity contribution in [2.24, 2.45) is 0 Å². The third-order valence-electron chi connectivity index (χ3n) is 4.78. The van der Waals surface area contributed by atoms with Crippen LogP contribution in [0.3, 0.4) is 0 Å². The first-order chi connectivity index (χ1) is 11.6. The standard InChI is InChI=1S/C18H21N3O3/c1-13-10-16(24-20-13)17(22)19-14-4-2-5-15(11-14)23-18-6-3-8-21(12-18)9-7-18/h2,4-5,10-11H,3,6-9,12H2,1H3,(H,19,22)/t18-/m0/s1. The fraction of sp³-hybridized carbons (Fsp3) is 0.444. The summed E-state index contributed by atoms with van der Waals surface area (Å²) >= 11 is 0. The van der Waals surface area contributed by atoms with Gasteiger partial charge >= 0.3 is 0 Å². The third-order valence-corrected chi connectivity index (χ3v) is 4.78. The van der Waals surface area contributed by atoms with Crippen LogP contribution in [-0.4, -0.2) is 41.2 Å². The lowest BCUT2D eigenvalue weighted by Crippen LogP contribution is -2.43. The van der Waals surface area contributed by atoms with Crippen LogP contribution < -0.4 is 10.1 Å². The Hall–Kier alpha value is -2.34. The van der Waals surface area contributed by atoms with Gasteiger partial charge < -0.3 is 14.6 Å². The zero-order valence-corrected chi connectivity index (χ0v) is 13.7. The number of carbonyl (C=O) groups is 1. The molecule has 0 aliphatic carbocycles. The Morgan fingerprint density at radius 1 is 1.33 bits per heavy atom. The number of nitrogens with zero attached hydrogens (tertiary/aromatic N) is 2. The SMILES string of the molecule is Cc1cc(C(=O)Nc2cccc(O[C@@]34CCCN(CC3)C4)c2)on1. The lowest BCUT2D eigenvalue weighted by atomic mass is 9.94. The van der Waals surface area contributed by atoms with Gasteiger partial charge in [0.2, 0.25) is 5.76 Å². The van der Waals surface area contributed by atoms with E-state index in [1.807, 2.05) is 24.3 Å². The number of carbonyl (C=O) groups excluding carboxylic acids is 1. The summed E-state index contributed by atoms with van der Waals surface area (Å²) in [5.41, 5.74) is 1.30. The molecule has 0 spiro atoms. The highest BCUT2D eigenvalue weighted by Crippen LogP contribution is 2.36. The molecule has 2 bridgehead atoms. The van der Waals surface area contributed by atoms with Crippen LogP contribution in [0.4, 0.5) is 5.69 Å². The number of fused-ring (bicyclic) bond motifs is 2. The van der Waals surface area contributed by atoms with Gasteiger partial charge in [-0.3, -0.25) is 9.69 Å². The first-order valence-electron chi connectivity index (χ1n) is 8.38. The number of aryl methyl sites for hydroxylation is 1. The summed E-state index contributed by atoms with van der Waals surface area (Å²) in [6.45, 7) is 5.07. The van der Waals surface area contributed by atoms with Gasteiger partial charge in [0.15, 0.2) is 0 Å². The highest BCUT2D eigenvalue weighted by molar-refractivity contribution is 6.02. The minimum Gasteiger partial charge on any atom is -0.486 e. The smallest absolute Gasteiger partial charge is 0.294 e.